The first-order valence-electron chi connectivity index (χ1n) is 13.6. The van der Waals surface area contributed by atoms with E-state index in [1.54, 1.807) is 6.33 Å². The number of nitrogens with zero attached hydrogens (tertiary/aromatic N) is 5. The quantitative estimate of drug-likeness (QED) is 0.213. The Morgan fingerprint density at radius 1 is 1.18 bits per heavy atom. The van der Waals surface area contributed by atoms with Crippen LogP contribution in [-0.4, -0.2) is 63.9 Å². The molecule has 1 aliphatic rings. The number of pyridine rings is 1. The zero-order valence-corrected chi connectivity index (χ0v) is 26.5. The number of fused-ring (bicyclic) bond motifs is 1. The summed E-state index contributed by atoms with van der Waals surface area (Å²) in [5, 5.41) is 4.39. The summed E-state index contributed by atoms with van der Waals surface area (Å²) < 4.78 is 14.4. The van der Waals surface area contributed by atoms with Crippen molar-refractivity contribution in [2.45, 2.75) is 84.1 Å². The molecule has 0 aliphatic carbocycles. The van der Waals surface area contributed by atoms with Crippen LogP contribution in [0.25, 0.3) is 11.0 Å². The van der Waals surface area contributed by atoms with Crippen LogP contribution in [0.2, 0.25) is 25.7 Å². The lowest BCUT2D eigenvalue weighted by atomic mass is 9.90. The number of nitrogens with one attached hydrogen (secondary N) is 1. The van der Waals surface area contributed by atoms with Crippen LogP contribution in [0.15, 0.2) is 35.3 Å². The molecule has 3 aromatic rings. The number of carbonyl (C=O) groups is 1. The second-order valence-corrected chi connectivity index (χ2v) is 18.9. The van der Waals surface area contributed by atoms with Crippen LogP contribution in [0.3, 0.4) is 0 Å². The maximum Gasteiger partial charge on any atom is 0.410 e. The molecule has 1 aliphatic heterocycles. The highest BCUT2D eigenvalue weighted by Crippen LogP contribution is 2.31. The summed E-state index contributed by atoms with van der Waals surface area (Å²) in [5.41, 5.74) is 2.54. The molecule has 0 saturated carbocycles. The SMILES string of the molecule is CC(C)(C)OC(=O)N1CCC(c2ccnc(CNc3ncnc4c3c(Br)cn4COCC[Si](C)(C)C)c2)CC1. The van der Waals surface area contributed by atoms with Gasteiger partial charge >= 0.3 is 6.09 Å². The highest BCUT2D eigenvalue weighted by Gasteiger charge is 2.27. The van der Waals surface area contributed by atoms with Crippen molar-refractivity contribution in [3.05, 3.63) is 46.6 Å². The standard InChI is InChI=1S/C28H41BrN6O3Si/c1-28(2,3)38-27(36)34-11-8-20(9-12-34)21-7-10-30-22(15-21)16-31-25-24-23(29)17-35(26(24)33-18-32-25)19-37-13-14-39(4,5)6/h7,10,15,17-18,20H,8-9,11-14,16,19H2,1-6H3,(H,31,32,33). The van der Waals surface area contributed by atoms with Crippen LogP contribution >= 0.6 is 15.9 Å². The van der Waals surface area contributed by atoms with E-state index in [9.17, 15) is 4.79 Å². The molecular formula is C28H41BrN6O3Si. The van der Waals surface area contributed by atoms with Crippen molar-refractivity contribution in [2.75, 3.05) is 25.0 Å². The Morgan fingerprint density at radius 3 is 2.62 bits per heavy atom. The van der Waals surface area contributed by atoms with E-state index in [-0.39, 0.29) is 6.09 Å². The Bertz CT molecular complexity index is 1280. The van der Waals surface area contributed by atoms with Gasteiger partial charge in [-0.15, -0.1) is 0 Å². The fourth-order valence-electron chi connectivity index (χ4n) is 4.59. The molecule has 0 atom stereocenters. The Labute approximate surface area is 240 Å². The number of hydrogen-bond donors (Lipinski definition) is 1. The maximum atomic E-state index is 12.4. The summed E-state index contributed by atoms with van der Waals surface area (Å²) in [5.74, 6) is 1.14. The number of carbonyl (C=O) groups excluding carboxylic acids is 1. The van der Waals surface area contributed by atoms with Gasteiger partial charge in [0.25, 0.3) is 0 Å². The number of anilines is 1. The molecule has 9 nitrogen and oxygen atoms in total. The van der Waals surface area contributed by atoms with Crippen LogP contribution in [0, 0.1) is 0 Å². The van der Waals surface area contributed by atoms with Crippen molar-refractivity contribution in [1.82, 2.24) is 24.4 Å². The van der Waals surface area contributed by atoms with Gasteiger partial charge in [0.15, 0.2) is 0 Å². The van der Waals surface area contributed by atoms with Gasteiger partial charge in [0.05, 0.1) is 17.6 Å². The third kappa shape index (κ3) is 8.25. The normalized spacial score (nSPS) is 15.1. The zero-order valence-electron chi connectivity index (χ0n) is 24.0. The van der Waals surface area contributed by atoms with Gasteiger partial charge in [0.2, 0.25) is 0 Å². The molecule has 0 spiro atoms. The van der Waals surface area contributed by atoms with Crippen LogP contribution in [0.4, 0.5) is 10.6 Å². The first kappa shape index (κ1) is 29.5. The van der Waals surface area contributed by atoms with E-state index in [1.165, 1.54) is 5.56 Å². The largest absolute Gasteiger partial charge is 0.444 e. The van der Waals surface area contributed by atoms with Crippen molar-refractivity contribution in [2.24, 2.45) is 0 Å². The molecule has 1 amide bonds. The average Bonchev–Trinajstić information content (AvgIpc) is 3.20. The van der Waals surface area contributed by atoms with Gasteiger partial charge in [-0.2, -0.15) is 0 Å². The predicted molar refractivity (Wildman–Crippen MR) is 161 cm³/mol. The summed E-state index contributed by atoms with van der Waals surface area (Å²) in [6, 6.07) is 5.37. The minimum atomic E-state index is -1.13. The first-order valence-corrected chi connectivity index (χ1v) is 18.1. The fraction of sp³-hybridized carbons (Fsp3) is 0.571. The topological polar surface area (TPSA) is 94.4 Å². The zero-order chi connectivity index (χ0) is 28.2. The van der Waals surface area contributed by atoms with E-state index in [0.29, 0.717) is 32.3 Å². The molecule has 1 N–H and O–H groups in total. The fourth-order valence-corrected chi connectivity index (χ4v) is 5.96. The van der Waals surface area contributed by atoms with Crippen molar-refractivity contribution >= 4 is 46.9 Å². The third-order valence-electron chi connectivity index (χ3n) is 6.73. The molecule has 212 valence electrons. The Hall–Kier alpha value is -2.50. The number of rotatable bonds is 9. The van der Waals surface area contributed by atoms with Crippen molar-refractivity contribution < 1.29 is 14.3 Å². The Kier molecular flexibility index (Phi) is 9.33. The molecule has 0 unspecified atom stereocenters. The summed E-state index contributed by atoms with van der Waals surface area (Å²) in [4.78, 5) is 27.8. The van der Waals surface area contributed by atoms with Gasteiger partial charge in [-0.25, -0.2) is 14.8 Å². The Balaban J connectivity index is 1.37. The summed E-state index contributed by atoms with van der Waals surface area (Å²) >= 11 is 3.69. The number of piperidine rings is 1. The van der Waals surface area contributed by atoms with Crippen LogP contribution < -0.4 is 5.32 Å². The van der Waals surface area contributed by atoms with Gasteiger partial charge in [-0.05, 0) is 79.2 Å². The van der Waals surface area contributed by atoms with Gasteiger partial charge < -0.3 is 24.3 Å². The molecule has 4 heterocycles. The van der Waals surface area contributed by atoms with Gasteiger partial charge in [0.1, 0.15) is 30.1 Å². The molecule has 1 saturated heterocycles. The second-order valence-electron chi connectivity index (χ2n) is 12.4. The number of ether oxygens (including phenoxy) is 2. The number of halogens is 1. The van der Waals surface area contributed by atoms with Crippen LogP contribution in [0.5, 0.6) is 0 Å². The van der Waals surface area contributed by atoms with E-state index in [1.807, 2.05) is 42.6 Å². The monoisotopic (exact) mass is 616 g/mol. The molecule has 3 aromatic heterocycles. The highest BCUT2D eigenvalue weighted by molar-refractivity contribution is 9.10. The third-order valence-corrected chi connectivity index (χ3v) is 9.04. The Morgan fingerprint density at radius 2 is 1.92 bits per heavy atom. The van der Waals surface area contributed by atoms with Crippen LogP contribution in [0.1, 0.15) is 50.8 Å². The van der Waals surface area contributed by atoms with Gasteiger partial charge in [-0.1, -0.05) is 19.6 Å². The van der Waals surface area contributed by atoms with Crippen molar-refractivity contribution in [3.8, 4) is 0 Å². The van der Waals surface area contributed by atoms with Gasteiger partial charge in [0, 0.05) is 44.6 Å². The minimum absolute atomic E-state index is 0.227. The molecule has 0 radical (unpaired) electrons. The average molecular weight is 618 g/mol. The number of amides is 1. The smallest absolute Gasteiger partial charge is 0.410 e. The molecule has 39 heavy (non-hydrogen) atoms. The van der Waals surface area contributed by atoms with E-state index in [4.69, 9.17) is 9.47 Å². The lowest BCUT2D eigenvalue weighted by Gasteiger charge is -2.33. The van der Waals surface area contributed by atoms with Crippen molar-refractivity contribution in [1.29, 1.82) is 0 Å². The molecule has 0 aromatic carbocycles. The van der Waals surface area contributed by atoms with E-state index >= 15 is 0 Å². The molecular weight excluding hydrogens is 576 g/mol. The lowest BCUT2D eigenvalue weighted by Crippen LogP contribution is -2.41. The van der Waals surface area contributed by atoms with Crippen LogP contribution in [-0.2, 0) is 22.7 Å². The number of likely N-dealkylation sites (tertiary alicyclic amines) is 1. The molecule has 1 fully saturated rings. The van der Waals surface area contributed by atoms with Crippen molar-refractivity contribution in [3.63, 3.8) is 0 Å². The summed E-state index contributed by atoms with van der Waals surface area (Å²) in [6.07, 6.45) is 7.04. The first-order chi connectivity index (χ1) is 18.4. The lowest BCUT2D eigenvalue weighted by molar-refractivity contribution is 0.0205. The van der Waals surface area contributed by atoms with E-state index in [0.717, 1.165) is 52.5 Å². The maximum absolute atomic E-state index is 12.4. The highest BCUT2D eigenvalue weighted by atomic mass is 79.9. The predicted octanol–water partition coefficient (Wildman–Crippen LogP) is 6.63. The minimum Gasteiger partial charge on any atom is -0.444 e. The second kappa shape index (κ2) is 12.3. The molecule has 0 bridgehead atoms. The number of aromatic nitrogens is 4. The van der Waals surface area contributed by atoms with Gasteiger partial charge in [-0.3, -0.25) is 4.98 Å². The van der Waals surface area contributed by atoms with E-state index < -0.39 is 13.7 Å². The molecule has 11 heteroatoms. The summed E-state index contributed by atoms with van der Waals surface area (Å²) in [7, 11) is -1.13. The number of hydrogen-bond acceptors (Lipinski definition) is 7. The summed E-state index contributed by atoms with van der Waals surface area (Å²) in [6.45, 7) is 15.9. The van der Waals surface area contributed by atoms with E-state index in [2.05, 4.69) is 68.0 Å². The molecule has 4 rings (SSSR count).